The summed E-state index contributed by atoms with van der Waals surface area (Å²) < 4.78 is 40.0. The van der Waals surface area contributed by atoms with Crippen LogP contribution in [0.25, 0.3) is 6.08 Å². The number of nitrogens with two attached hydrogens (primary N) is 2. The SMILES string of the molecule is NC(=O)C1=Cc2ccc(C(F)(F)F)c(C(N)=O)c2N(c2ccsc2)C1. The lowest BCUT2D eigenvalue weighted by Gasteiger charge is -2.32. The van der Waals surface area contributed by atoms with Crippen molar-refractivity contribution in [3.8, 4) is 0 Å². The number of halogens is 3. The molecule has 4 N–H and O–H groups in total. The van der Waals surface area contributed by atoms with Gasteiger partial charge < -0.3 is 16.4 Å². The minimum Gasteiger partial charge on any atom is -0.366 e. The minimum atomic E-state index is -4.74. The zero-order valence-corrected chi connectivity index (χ0v) is 13.4. The molecule has 1 aliphatic rings. The molecule has 2 aromatic rings. The van der Waals surface area contributed by atoms with E-state index in [1.165, 1.54) is 28.4 Å². The number of benzene rings is 1. The second-order valence-electron chi connectivity index (χ2n) is 5.39. The van der Waals surface area contributed by atoms with Crippen molar-refractivity contribution >= 4 is 40.6 Å². The van der Waals surface area contributed by atoms with Gasteiger partial charge in [-0.05, 0) is 29.2 Å². The molecule has 1 aromatic carbocycles. The van der Waals surface area contributed by atoms with E-state index in [4.69, 9.17) is 11.5 Å². The first kappa shape index (κ1) is 17.0. The number of hydrogen-bond acceptors (Lipinski definition) is 4. The fourth-order valence-electron chi connectivity index (χ4n) is 2.76. The van der Waals surface area contributed by atoms with Gasteiger partial charge in [-0.25, -0.2) is 0 Å². The highest BCUT2D eigenvalue weighted by Gasteiger charge is 2.39. The van der Waals surface area contributed by atoms with Crippen LogP contribution in [0.15, 0.2) is 34.5 Å². The maximum absolute atomic E-state index is 13.3. The molecule has 0 aliphatic carbocycles. The smallest absolute Gasteiger partial charge is 0.366 e. The van der Waals surface area contributed by atoms with Gasteiger partial charge in [-0.1, -0.05) is 6.07 Å². The Morgan fingerprint density at radius 2 is 1.84 bits per heavy atom. The summed E-state index contributed by atoms with van der Waals surface area (Å²) in [7, 11) is 0. The minimum absolute atomic E-state index is 0.0192. The molecular formula is C16H12F3N3O2S. The average molecular weight is 367 g/mol. The van der Waals surface area contributed by atoms with Crippen molar-refractivity contribution in [2.75, 3.05) is 11.4 Å². The molecule has 9 heteroatoms. The number of nitrogens with zero attached hydrogens (tertiary/aromatic N) is 1. The number of carbonyl (C=O) groups is 2. The molecule has 0 atom stereocenters. The Bertz CT molecular complexity index is 889. The molecule has 1 aliphatic heterocycles. The van der Waals surface area contributed by atoms with Gasteiger partial charge >= 0.3 is 6.18 Å². The molecule has 130 valence electrons. The number of alkyl halides is 3. The van der Waals surface area contributed by atoms with E-state index in [2.05, 4.69) is 0 Å². The first-order valence-electron chi connectivity index (χ1n) is 7.04. The van der Waals surface area contributed by atoms with Gasteiger partial charge in [0.2, 0.25) is 5.91 Å². The standard InChI is InChI=1S/C16H12F3N3O2S/c17-16(18,19)11-2-1-8-5-9(14(20)23)6-22(10-3-4-25-7-10)13(8)12(11)15(21)24/h1-5,7H,6H2,(H2,20,23)(H2,21,24). The highest BCUT2D eigenvalue weighted by atomic mass is 32.1. The summed E-state index contributed by atoms with van der Waals surface area (Å²) in [6.45, 7) is -0.0549. The van der Waals surface area contributed by atoms with Crippen LogP contribution < -0.4 is 16.4 Å². The molecule has 5 nitrogen and oxygen atoms in total. The van der Waals surface area contributed by atoms with Gasteiger partial charge in [-0.3, -0.25) is 9.59 Å². The van der Waals surface area contributed by atoms with E-state index >= 15 is 0 Å². The number of thiophene rings is 1. The Hall–Kier alpha value is -2.81. The molecule has 3 rings (SSSR count). The van der Waals surface area contributed by atoms with Crippen LogP contribution in [0, 0.1) is 0 Å². The van der Waals surface area contributed by atoms with Crippen molar-refractivity contribution in [1.29, 1.82) is 0 Å². The normalized spacial score (nSPS) is 14.0. The molecule has 0 saturated heterocycles. The van der Waals surface area contributed by atoms with Crippen LogP contribution >= 0.6 is 11.3 Å². The van der Waals surface area contributed by atoms with Crippen LogP contribution in [0.3, 0.4) is 0 Å². The van der Waals surface area contributed by atoms with Crippen molar-refractivity contribution in [3.05, 3.63) is 51.2 Å². The maximum Gasteiger partial charge on any atom is 0.417 e. The van der Waals surface area contributed by atoms with Crippen molar-refractivity contribution < 1.29 is 22.8 Å². The number of rotatable bonds is 3. The van der Waals surface area contributed by atoms with Crippen molar-refractivity contribution in [1.82, 2.24) is 0 Å². The fraction of sp³-hybridized carbons (Fsp3) is 0.125. The summed E-state index contributed by atoms with van der Waals surface area (Å²) in [4.78, 5) is 24.9. The van der Waals surface area contributed by atoms with E-state index < -0.39 is 29.1 Å². The molecule has 25 heavy (non-hydrogen) atoms. The van der Waals surface area contributed by atoms with Gasteiger partial charge in [0.1, 0.15) is 0 Å². The monoisotopic (exact) mass is 367 g/mol. The van der Waals surface area contributed by atoms with Crippen molar-refractivity contribution in [2.24, 2.45) is 11.5 Å². The highest BCUT2D eigenvalue weighted by Crippen LogP contribution is 2.43. The molecule has 1 aromatic heterocycles. The molecule has 0 radical (unpaired) electrons. The second-order valence-corrected chi connectivity index (χ2v) is 6.17. The fourth-order valence-corrected chi connectivity index (χ4v) is 3.41. The summed E-state index contributed by atoms with van der Waals surface area (Å²) in [5.74, 6) is -1.88. The van der Waals surface area contributed by atoms with E-state index in [-0.39, 0.29) is 23.4 Å². The third-order valence-electron chi connectivity index (χ3n) is 3.82. The zero-order valence-electron chi connectivity index (χ0n) is 12.6. The molecule has 0 unspecified atom stereocenters. The van der Waals surface area contributed by atoms with Gasteiger partial charge in [0, 0.05) is 11.0 Å². The number of anilines is 2. The molecule has 2 heterocycles. The molecule has 0 spiro atoms. The summed E-state index contributed by atoms with van der Waals surface area (Å²) in [6, 6.07) is 3.65. The lowest BCUT2D eigenvalue weighted by atomic mass is 9.93. The Morgan fingerprint density at radius 3 is 2.36 bits per heavy atom. The van der Waals surface area contributed by atoms with Crippen LogP contribution in [0.1, 0.15) is 21.5 Å². The van der Waals surface area contributed by atoms with E-state index in [0.717, 1.165) is 6.07 Å². The molecule has 0 fully saturated rings. The quantitative estimate of drug-likeness (QED) is 0.874. The van der Waals surface area contributed by atoms with Crippen LogP contribution in [0.5, 0.6) is 0 Å². The van der Waals surface area contributed by atoms with Crippen molar-refractivity contribution in [3.63, 3.8) is 0 Å². The summed E-state index contributed by atoms with van der Waals surface area (Å²) in [5, 5.41) is 3.42. The van der Waals surface area contributed by atoms with Gasteiger partial charge in [-0.15, -0.1) is 0 Å². The van der Waals surface area contributed by atoms with Crippen LogP contribution in [-0.2, 0) is 11.0 Å². The Labute approximate surface area is 144 Å². The second kappa shape index (κ2) is 5.92. The first-order chi connectivity index (χ1) is 11.7. The summed E-state index contributed by atoms with van der Waals surface area (Å²) >= 11 is 1.33. The van der Waals surface area contributed by atoms with E-state index in [1.54, 1.807) is 16.8 Å². The Balaban J connectivity index is 2.34. The summed E-state index contributed by atoms with van der Waals surface area (Å²) in [5.41, 5.74) is 9.91. The molecular weight excluding hydrogens is 355 g/mol. The highest BCUT2D eigenvalue weighted by molar-refractivity contribution is 7.08. The number of fused-ring (bicyclic) bond motifs is 1. The number of carbonyl (C=O) groups excluding carboxylic acids is 2. The Morgan fingerprint density at radius 1 is 1.12 bits per heavy atom. The van der Waals surface area contributed by atoms with Gasteiger partial charge in [0.15, 0.2) is 0 Å². The maximum atomic E-state index is 13.3. The zero-order chi connectivity index (χ0) is 18.4. The number of hydrogen-bond donors (Lipinski definition) is 2. The topological polar surface area (TPSA) is 89.4 Å². The van der Waals surface area contributed by atoms with E-state index in [1.807, 2.05) is 0 Å². The largest absolute Gasteiger partial charge is 0.417 e. The van der Waals surface area contributed by atoms with Crippen LogP contribution in [-0.4, -0.2) is 18.4 Å². The van der Waals surface area contributed by atoms with E-state index in [0.29, 0.717) is 5.69 Å². The Kier molecular flexibility index (Phi) is 4.03. The lowest BCUT2D eigenvalue weighted by molar-refractivity contribution is -0.137. The molecule has 0 bridgehead atoms. The van der Waals surface area contributed by atoms with E-state index in [9.17, 15) is 22.8 Å². The van der Waals surface area contributed by atoms with Crippen molar-refractivity contribution in [2.45, 2.75) is 6.18 Å². The van der Waals surface area contributed by atoms with Gasteiger partial charge in [-0.2, -0.15) is 24.5 Å². The predicted octanol–water partition coefficient (Wildman–Crippen LogP) is 2.89. The first-order valence-corrected chi connectivity index (χ1v) is 7.98. The van der Waals surface area contributed by atoms with Crippen LogP contribution in [0.2, 0.25) is 0 Å². The number of amides is 2. The third kappa shape index (κ3) is 2.98. The van der Waals surface area contributed by atoms with Gasteiger partial charge in [0.25, 0.3) is 5.91 Å². The predicted molar refractivity (Wildman–Crippen MR) is 88.5 cm³/mol. The van der Waals surface area contributed by atoms with Gasteiger partial charge in [0.05, 0.1) is 29.0 Å². The van der Waals surface area contributed by atoms with Crippen LogP contribution in [0.4, 0.5) is 24.5 Å². The third-order valence-corrected chi connectivity index (χ3v) is 4.49. The summed E-state index contributed by atoms with van der Waals surface area (Å²) in [6.07, 6.45) is -3.36. The number of primary amides is 2. The molecule has 0 saturated carbocycles. The lowest BCUT2D eigenvalue weighted by Crippen LogP contribution is -2.33. The average Bonchev–Trinajstić information content (AvgIpc) is 3.05. The molecule has 2 amide bonds.